The van der Waals surface area contributed by atoms with Gasteiger partial charge in [-0.2, -0.15) is 13.2 Å². The van der Waals surface area contributed by atoms with E-state index >= 15 is 0 Å². The molecule has 0 spiro atoms. The van der Waals surface area contributed by atoms with Crippen molar-refractivity contribution in [3.05, 3.63) is 113 Å². The molecule has 0 amide bonds. The molecular weight excluding hydrogens is 428 g/mol. The molecule has 0 aliphatic carbocycles. The van der Waals surface area contributed by atoms with Gasteiger partial charge in [0.1, 0.15) is 5.82 Å². The number of fused-ring (bicyclic) bond motifs is 2. The first-order valence-electron chi connectivity index (χ1n) is 9.30. The van der Waals surface area contributed by atoms with Crippen molar-refractivity contribution in [1.29, 1.82) is 0 Å². The Labute approximate surface area is 181 Å². The van der Waals surface area contributed by atoms with E-state index in [1.54, 1.807) is 24.5 Å². The molecule has 0 aliphatic heterocycles. The van der Waals surface area contributed by atoms with E-state index in [1.807, 2.05) is 24.3 Å². The second-order valence-electron chi connectivity index (χ2n) is 7.06. The van der Waals surface area contributed by atoms with Crippen molar-refractivity contribution < 1.29 is 17.6 Å². The molecule has 157 valence electrons. The summed E-state index contributed by atoms with van der Waals surface area (Å²) in [6.07, 6.45) is -0.924. The Hall–Kier alpha value is -3.25. The molecule has 2 heterocycles. The van der Waals surface area contributed by atoms with Crippen molar-refractivity contribution in [2.24, 2.45) is 0 Å². The minimum absolute atomic E-state index is 0. The number of hydrogen-bond donors (Lipinski definition) is 2. The number of halogens is 5. The van der Waals surface area contributed by atoms with Crippen LogP contribution in [-0.2, 0) is 6.18 Å². The summed E-state index contributed by atoms with van der Waals surface area (Å²) in [4.78, 5) is 6.27. The Morgan fingerprint density at radius 2 is 1.35 bits per heavy atom. The van der Waals surface area contributed by atoms with Gasteiger partial charge in [0.15, 0.2) is 0 Å². The molecule has 0 aliphatic rings. The molecular formula is C24H16ClF4N2. The first-order valence-corrected chi connectivity index (χ1v) is 9.30. The molecule has 0 saturated carbocycles. The monoisotopic (exact) mass is 443 g/mol. The molecule has 2 N–H and O–H groups in total. The van der Waals surface area contributed by atoms with Crippen LogP contribution in [-0.4, -0.2) is 9.97 Å². The van der Waals surface area contributed by atoms with Gasteiger partial charge in [0.25, 0.3) is 0 Å². The fourth-order valence-electron chi connectivity index (χ4n) is 3.90. The molecule has 7 heteroatoms. The average molecular weight is 444 g/mol. The lowest BCUT2D eigenvalue weighted by atomic mass is 9.84. The van der Waals surface area contributed by atoms with Crippen molar-refractivity contribution in [3.63, 3.8) is 0 Å². The summed E-state index contributed by atoms with van der Waals surface area (Å²) in [6, 6.07) is 17.3. The van der Waals surface area contributed by atoms with E-state index in [4.69, 9.17) is 0 Å². The number of aromatic nitrogens is 2. The van der Waals surface area contributed by atoms with Crippen LogP contribution in [0.2, 0.25) is 0 Å². The summed E-state index contributed by atoms with van der Waals surface area (Å²) in [6.45, 7) is 0. The zero-order valence-electron chi connectivity index (χ0n) is 15.9. The number of nitrogens with one attached hydrogen (secondary N) is 2. The summed E-state index contributed by atoms with van der Waals surface area (Å²) in [5.74, 6) is 0.255. The van der Waals surface area contributed by atoms with Gasteiger partial charge < -0.3 is 9.97 Å². The number of alkyl halides is 3. The molecule has 0 fully saturated rings. The lowest BCUT2D eigenvalue weighted by Crippen LogP contribution is -2.07. The zero-order valence-corrected chi connectivity index (χ0v) is 16.7. The fraction of sp³-hybridized carbons (Fsp3) is 0.0417. The quantitative estimate of drug-likeness (QED) is 0.275. The van der Waals surface area contributed by atoms with E-state index in [9.17, 15) is 17.6 Å². The van der Waals surface area contributed by atoms with Gasteiger partial charge in [-0.25, -0.2) is 4.39 Å². The maximum absolute atomic E-state index is 14.7. The predicted molar refractivity (Wildman–Crippen MR) is 116 cm³/mol. The summed E-state index contributed by atoms with van der Waals surface area (Å²) >= 11 is 0. The van der Waals surface area contributed by atoms with Gasteiger partial charge in [0, 0.05) is 34.2 Å². The zero-order chi connectivity index (χ0) is 20.9. The highest BCUT2D eigenvalue weighted by Gasteiger charge is 2.31. The van der Waals surface area contributed by atoms with Crippen molar-refractivity contribution in [2.45, 2.75) is 6.18 Å². The summed E-state index contributed by atoms with van der Waals surface area (Å²) in [5, 5.41) is 1.30. The van der Waals surface area contributed by atoms with Crippen LogP contribution in [0.1, 0.15) is 22.3 Å². The highest BCUT2D eigenvalue weighted by atomic mass is 35.5. The van der Waals surface area contributed by atoms with Crippen molar-refractivity contribution >= 4 is 34.2 Å². The largest absolute Gasteiger partial charge is 0.416 e. The highest BCUT2D eigenvalue weighted by molar-refractivity contribution is 5.93. The third kappa shape index (κ3) is 3.57. The molecule has 0 atom stereocenters. The first-order chi connectivity index (χ1) is 14.4. The van der Waals surface area contributed by atoms with Gasteiger partial charge in [-0.05, 0) is 47.0 Å². The van der Waals surface area contributed by atoms with Crippen molar-refractivity contribution in [2.75, 3.05) is 0 Å². The molecule has 2 aromatic heterocycles. The van der Waals surface area contributed by atoms with Crippen molar-refractivity contribution in [3.8, 4) is 0 Å². The lowest BCUT2D eigenvalue weighted by Gasteiger charge is -2.17. The number of H-pyrrole nitrogens is 2. The standard InChI is InChI=1S/C24H15F4N2.ClH/c25-19-5-3-7-21-23(19)18(13-30-21)22(14-8-10-15(11-9-14)24(26,27)28)17-12-29-20-6-2-1-4-16(17)20;/h1-13,29-30H;1H. The Morgan fingerprint density at radius 3 is 2.10 bits per heavy atom. The van der Waals surface area contributed by atoms with Crippen LogP contribution in [0, 0.1) is 11.7 Å². The van der Waals surface area contributed by atoms with Gasteiger partial charge >= 0.3 is 6.18 Å². The molecule has 5 rings (SSSR count). The number of aromatic amines is 2. The number of rotatable bonds is 3. The maximum Gasteiger partial charge on any atom is 0.416 e. The van der Waals surface area contributed by atoms with Crippen LogP contribution in [0.25, 0.3) is 21.8 Å². The third-order valence-electron chi connectivity index (χ3n) is 5.28. The molecule has 5 aromatic rings. The molecule has 0 bridgehead atoms. The smallest absolute Gasteiger partial charge is 0.361 e. The summed E-state index contributed by atoms with van der Waals surface area (Å²) < 4.78 is 54.0. The van der Waals surface area contributed by atoms with E-state index in [0.29, 0.717) is 27.9 Å². The van der Waals surface area contributed by atoms with Gasteiger partial charge in [0.05, 0.1) is 11.5 Å². The third-order valence-corrected chi connectivity index (χ3v) is 5.28. The van der Waals surface area contributed by atoms with Crippen LogP contribution >= 0.6 is 12.4 Å². The van der Waals surface area contributed by atoms with Crippen molar-refractivity contribution in [1.82, 2.24) is 9.97 Å². The van der Waals surface area contributed by atoms with E-state index < -0.39 is 17.6 Å². The first kappa shape index (κ1) is 21.0. The molecule has 3 aromatic carbocycles. The van der Waals surface area contributed by atoms with Crippen LogP contribution in [0.4, 0.5) is 17.6 Å². The highest BCUT2D eigenvalue weighted by Crippen LogP contribution is 2.40. The van der Waals surface area contributed by atoms with Gasteiger partial charge in [-0.3, -0.25) is 0 Å². The predicted octanol–water partition coefficient (Wildman–Crippen LogP) is 7.25. The van der Waals surface area contributed by atoms with E-state index in [1.165, 1.54) is 18.2 Å². The maximum atomic E-state index is 14.7. The lowest BCUT2D eigenvalue weighted by molar-refractivity contribution is -0.137. The fourth-order valence-corrected chi connectivity index (χ4v) is 3.90. The van der Waals surface area contributed by atoms with E-state index in [-0.39, 0.29) is 12.4 Å². The average Bonchev–Trinajstić information content (AvgIpc) is 3.34. The molecule has 31 heavy (non-hydrogen) atoms. The van der Waals surface area contributed by atoms with Crippen LogP contribution in [0.15, 0.2) is 79.1 Å². The molecule has 0 saturated heterocycles. The normalized spacial score (nSPS) is 11.9. The second-order valence-corrected chi connectivity index (χ2v) is 7.06. The number of hydrogen-bond acceptors (Lipinski definition) is 0. The van der Waals surface area contributed by atoms with E-state index in [2.05, 4.69) is 9.97 Å². The van der Waals surface area contributed by atoms with Gasteiger partial charge in [-0.1, -0.05) is 36.4 Å². The minimum Gasteiger partial charge on any atom is -0.361 e. The Kier molecular flexibility index (Phi) is 5.27. The number of benzene rings is 3. The number of para-hydroxylation sites is 1. The minimum atomic E-state index is -4.42. The second kappa shape index (κ2) is 7.78. The Bertz CT molecular complexity index is 1350. The summed E-state index contributed by atoms with van der Waals surface area (Å²) in [5.41, 5.74) is 2.72. The molecule has 1 radical (unpaired) electrons. The SMILES string of the molecule is Cl.Fc1cccc2[nH]cc([C](c3ccc(C(F)(F)F)cc3)c3c[nH]c4ccccc34)c12. The summed E-state index contributed by atoms with van der Waals surface area (Å²) in [7, 11) is 0. The molecule has 0 unspecified atom stereocenters. The molecule has 2 nitrogen and oxygen atoms in total. The Balaban J connectivity index is 0.00000231. The van der Waals surface area contributed by atoms with Crippen LogP contribution < -0.4 is 0 Å². The van der Waals surface area contributed by atoms with E-state index in [0.717, 1.165) is 28.6 Å². The topological polar surface area (TPSA) is 31.6 Å². The van der Waals surface area contributed by atoms with Crippen LogP contribution in [0.3, 0.4) is 0 Å². The van der Waals surface area contributed by atoms with Gasteiger partial charge in [0.2, 0.25) is 0 Å². The Morgan fingerprint density at radius 1 is 0.710 bits per heavy atom. The van der Waals surface area contributed by atoms with Crippen LogP contribution in [0.5, 0.6) is 0 Å². The van der Waals surface area contributed by atoms with Gasteiger partial charge in [-0.15, -0.1) is 12.4 Å².